The average molecular weight is 268 g/mol. The molecule has 1 aliphatic rings. The predicted octanol–water partition coefficient (Wildman–Crippen LogP) is 1.40. The van der Waals surface area contributed by atoms with Gasteiger partial charge in [0, 0.05) is 17.0 Å². The van der Waals surface area contributed by atoms with E-state index in [1.165, 1.54) is 0 Å². The van der Waals surface area contributed by atoms with Gasteiger partial charge in [0.15, 0.2) is 5.82 Å². The van der Waals surface area contributed by atoms with Crippen molar-refractivity contribution < 1.29 is 4.79 Å². The molecule has 2 heterocycles. The average Bonchev–Trinajstić information content (AvgIpc) is 2.85. The van der Waals surface area contributed by atoms with Crippen LogP contribution in [0.2, 0.25) is 0 Å². The first-order valence-corrected chi connectivity index (χ1v) is 7.49. The first-order valence-electron chi connectivity index (χ1n) is 6.44. The molecule has 1 aromatic rings. The molecule has 1 aliphatic heterocycles. The smallest absolute Gasteiger partial charge is 0.235 e. The topological polar surface area (TPSA) is 69.8 Å². The van der Waals surface area contributed by atoms with E-state index in [4.69, 9.17) is 0 Å². The fourth-order valence-electron chi connectivity index (χ4n) is 1.94. The van der Waals surface area contributed by atoms with Crippen LogP contribution in [0.4, 0.5) is 5.82 Å². The van der Waals surface area contributed by atoms with E-state index < -0.39 is 0 Å². The van der Waals surface area contributed by atoms with E-state index in [0.29, 0.717) is 16.8 Å². The van der Waals surface area contributed by atoms with E-state index in [1.807, 2.05) is 13.0 Å². The first kappa shape index (κ1) is 13.4. The molecule has 3 N–H and O–H groups in total. The van der Waals surface area contributed by atoms with Crippen LogP contribution in [0, 0.1) is 0 Å². The summed E-state index contributed by atoms with van der Waals surface area (Å²) < 4.78 is 0. The number of anilines is 1. The van der Waals surface area contributed by atoms with Crippen LogP contribution in [0.3, 0.4) is 0 Å². The molecule has 2 rings (SSSR count). The van der Waals surface area contributed by atoms with E-state index in [0.717, 1.165) is 38.0 Å². The van der Waals surface area contributed by atoms with Gasteiger partial charge in [-0.05, 0) is 32.4 Å². The number of piperidine rings is 1. The molecule has 1 aromatic heterocycles. The second kappa shape index (κ2) is 6.80. The zero-order chi connectivity index (χ0) is 12.8. The predicted molar refractivity (Wildman–Crippen MR) is 74.9 cm³/mol. The molecule has 0 unspecified atom stereocenters. The molecule has 1 fully saturated rings. The number of nitrogens with one attached hydrogen (secondary N) is 3. The highest BCUT2D eigenvalue weighted by atomic mass is 32.2. The molecule has 5 nitrogen and oxygen atoms in total. The van der Waals surface area contributed by atoms with Crippen LogP contribution in [0.25, 0.3) is 0 Å². The number of carbonyl (C=O) groups excluding carboxylic acids is 1. The van der Waals surface area contributed by atoms with Gasteiger partial charge in [-0.2, -0.15) is 5.10 Å². The number of aryl methyl sites for hydroxylation is 1. The van der Waals surface area contributed by atoms with Crippen molar-refractivity contribution in [2.75, 3.05) is 24.2 Å². The van der Waals surface area contributed by atoms with Gasteiger partial charge in [-0.25, -0.2) is 0 Å². The van der Waals surface area contributed by atoms with Gasteiger partial charge in [0.05, 0.1) is 5.75 Å². The Hall–Kier alpha value is -1.01. The number of amides is 1. The molecule has 0 aliphatic carbocycles. The van der Waals surface area contributed by atoms with E-state index in [9.17, 15) is 4.79 Å². The highest BCUT2D eigenvalue weighted by molar-refractivity contribution is 8.00. The second-order valence-electron chi connectivity index (χ2n) is 4.44. The number of hydrogen-bond acceptors (Lipinski definition) is 4. The molecule has 1 saturated heterocycles. The van der Waals surface area contributed by atoms with Gasteiger partial charge in [0.1, 0.15) is 0 Å². The molecule has 0 atom stereocenters. The highest BCUT2D eigenvalue weighted by Crippen LogP contribution is 2.20. The zero-order valence-corrected chi connectivity index (χ0v) is 11.5. The van der Waals surface area contributed by atoms with Crippen LogP contribution in [0.15, 0.2) is 6.07 Å². The van der Waals surface area contributed by atoms with E-state index >= 15 is 0 Å². The van der Waals surface area contributed by atoms with Crippen LogP contribution < -0.4 is 10.6 Å². The molecule has 100 valence electrons. The monoisotopic (exact) mass is 268 g/mol. The third kappa shape index (κ3) is 4.03. The number of aromatic nitrogens is 2. The van der Waals surface area contributed by atoms with Crippen LogP contribution in [-0.4, -0.2) is 40.2 Å². The maximum Gasteiger partial charge on any atom is 0.235 e. The number of hydrogen-bond donors (Lipinski definition) is 3. The lowest BCUT2D eigenvalue weighted by Crippen LogP contribution is -2.30. The second-order valence-corrected chi connectivity index (χ2v) is 5.73. The molecular weight excluding hydrogens is 248 g/mol. The minimum atomic E-state index is 0.0349. The summed E-state index contributed by atoms with van der Waals surface area (Å²) in [5, 5.41) is 13.7. The van der Waals surface area contributed by atoms with Crippen molar-refractivity contribution >= 4 is 23.5 Å². The van der Waals surface area contributed by atoms with Gasteiger partial charge < -0.3 is 10.6 Å². The van der Waals surface area contributed by atoms with Gasteiger partial charge in [-0.1, -0.05) is 6.92 Å². The molecule has 0 bridgehead atoms. The Bertz CT molecular complexity index is 387. The van der Waals surface area contributed by atoms with Gasteiger partial charge in [0.2, 0.25) is 5.91 Å². The van der Waals surface area contributed by atoms with Gasteiger partial charge >= 0.3 is 0 Å². The van der Waals surface area contributed by atoms with Crippen molar-refractivity contribution in [2.24, 2.45) is 0 Å². The summed E-state index contributed by atoms with van der Waals surface area (Å²) in [4.78, 5) is 11.8. The maximum absolute atomic E-state index is 11.8. The van der Waals surface area contributed by atoms with E-state index in [-0.39, 0.29) is 5.91 Å². The Morgan fingerprint density at radius 3 is 3.00 bits per heavy atom. The summed E-state index contributed by atoms with van der Waals surface area (Å²) in [7, 11) is 0. The summed E-state index contributed by atoms with van der Waals surface area (Å²) in [5.41, 5.74) is 1.04. The fraction of sp³-hybridized carbons (Fsp3) is 0.667. The van der Waals surface area contributed by atoms with Gasteiger partial charge in [-0.15, -0.1) is 11.8 Å². The van der Waals surface area contributed by atoms with Crippen LogP contribution in [0.5, 0.6) is 0 Å². The Morgan fingerprint density at radius 2 is 2.33 bits per heavy atom. The summed E-state index contributed by atoms with van der Waals surface area (Å²) in [5.74, 6) is 1.18. The summed E-state index contributed by atoms with van der Waals surface area (Å²) >= 11 is 1.75. The van der Waals surface area contributed by atoms with Crippen molar-refractivity contribution in [1.29, 1.82) is 0 Å². The van der Waals surface area contributed by atoms with Crippen LogP contribution in [0.1, 0.15) is 25.5 Å². The third-order valence-corrected chi connectivity index (χ3v) is 4.39. The molecule has 6 heteroatoms. The lowest BCUT2D eigenvalue weighted by Gasteiger charge is -2.21. The quantitative estimate of drug-likeness (QED) is 0.755. The van der Waals surface area contributed by atoms with E-state index in [2.05, 4.69) is 20.8 Å². The van der Waals surface area contributed by atoms with Crippen molar-refractivity contribution in [3.63, 3.8) is 0 Å². The minimum absolute atomic E-state index is 0.0349. The Morgan fingerprint density at radius 1 is 1.56 bits per heavy atom. The van der Waals surface area contributed by atoms with Gasteiger partial charge in [0.25, 0.3) is 0 Å². The number of aromatic amines is 1. The molecule has 0 saturated carbocycles. The number of H-pyrrole nitrogens is 1. The molecule has 0 radical (unpaired) electrons. The molecule has 18 heavy (non-hydrogen) atoms. The van der Waals surface area contributed by atoms with Crippen molar-refractivity contribution in [3.05, 3.63) is 11.8 Å². The molecular formula is C12H20N4OS. The van der Waals surface area contributed by atoms with E-state index in [1.54, 1.807) is 11.8 Å². The maximum atomic E-state index is 11.8. The van der Waals surface area contributed by atoms with Crippen LogP contribution in [-0.2, 0) is 11.2 Å². The largest absolute Gasteiger partial charge is 0.317 e. The Kier molecular flexibility index (Phi) is 5.07. The minimum Gasteiger partial charge on any atom is -0.317 e. The lowest BCUT2D eigenvalue weighted by molar-refractivity contribution is -0.113. The van der Waals surface area contributed by atoms with Gasteiger partial charge in [-0.3, -0.25) is 9.89 Å². The Labute approximate surface area is 111 Å². The number of rotatable bonds is 5. The van der Waals surface area contributed by atoms with Crippen LogP contribution >= 0.6 is 11.8 Å². The molecule has 0 spiro atoms. The Balaban J connectivity index is 1.71. The lowest BCUT2D eigenvalue weighted by atomic mass is 10.2. The first-order chi connectivity index (χ1) is 8.78. The zero-order valence-electron chi connectivity index (χ0n) is 10.7. The summed E-state index contributed by atoms with van der Waals surface area (Å²) in [6.07, 6.45) is 3.20. The number of carbonyl (C=O) groups is 1. The van der Waals surface area contributed by atoms with Crippen molar-refractivity contribution in [3.8, 4) is 0 Å². The SMILES string of the molecule is CCc1cc(NC(=O)CSC2CCNCC2)n[nH]1. The summed E-state index contributed by atoms with van der Waals surface area (Å²) in [6, 6.07) is 1.88. The fourth-order valence-corrected chi connectivity index (χ4v) is 2.97. The molecule has 0 aromatic carbocycles. The number of nitrogens with zero attached hydrogens (tertiary/aromatic N) is 1. The standard InChI is InChI=1S/C12H20N4OS/c1-2-9-7-11(16-15-9)14-12(17)8-18-10-3-5-13-6-4-10/h7,10,13H,2-6,8H2,1H3,(H2,14,15,16,17). The van der Waals surface area contributed by atoms with Crippen molar-refractivity contribution in [1.82, 2.24) is 15.5 Å². The summed E-state index contributed by atoms with van der Waals surface area (Å²) in [6.45, 7) is 4.18. The normalized spacial score (nSPS) is 16.7. The molecule has 1 amide bonds. The highest BCUT2D eigenvalue weighted by Gasteiger charge is 2.15. The third-order valence-electron chi connectivity index (χ3n) is 3.02. The van der Waals surface area contributed by atoms with Crippen molar-refractivity contribution in [2.45, 2.75) is 31.4 Å². The number of thioether (sulfide) groups is 1.